The maximum atomic E-state index is 13.0. The van der Waals surface area contributed by atoms with Crippen molar-refractivity contribution in [3.8, 4) is 0 Å². The third kappa shape index (κ3) is 56.9. The van der Waals surface area contributed by atoms with Crippen LogP contribution in [-0.2, 0) is 65.4 Å². The topological polar surface area (TPSA) is 237 Å². The number of rotatable bonds is 62. The zero-order chi connectivity index (χ0) is 59.9. The van der Waals surface area contributed by atoms with E-state index in [0.29, 0.717) is 25.7 Å². The first kappa shape index (κ1) is 79.1. The van der Waals surface area contributed by atoms with Crippen molar-refractivity contribution in [1.29, 1.82) is 0 Å². The Kier molecular flexibility index (Phi) is 54.6. The Morgan fingerprint density at radius 3 is 0.840 bits per heavy atom. The van der Waals surface area contributed by atoms with Gasteiger partial charge in [0.2, 0.25) is 0 Å². The van der Waals surface area contributed by atoms with E-state index in [1.165, 1.54) is 122 Å². The third-order valence-electron chi connectivity index (χ3n) is 14.3. The number of esters is 4. The molecular formula is C62H120O17P2. The highest BCUT2D eigenvalue weighted by molar-refractivity contribution is 7.47. The maximum absolute atomic E-state index is 13.0. The first-order valence-corrected chi connectivity index (χ1v) is 35.6. The number of aliphatic hydroxyl groups excluding tert-OH is 1. The van der Waals surface area contributed by atoms with Crippen LogP contribution in [0.2, 0.25) is 0 Å². The van der Waals surface area contributed by atoms with Gasteiger partial charge in [-0.2, -0.15) is 0 Å². The van der Waals surface area contributed by atoms with Gasteiger partial charge in [-0.15, -0.1) is 0 Å². The summed E-state index contributed by atoms with van der Waals surface area (Å²) in [6.07, 6.45) is 39.3. The fourth-order valence-electron chi connectivity index (χ4n) is 9.23. The predicted octanol–water partition coefficient (Wildman–Crippen LogP) is 17.0. The lowest BCUT2D eigenvalue weighted by Crippen LogP contribution is -2.30. The van der Waals surface area contributed by atoms with Gasteiger partial charge < -0.3 is 33.8 Å². The van der Waals surface area contributed by atoms with Gasteiger partial charge in [0, 0.05) is 25.7 Å². The van der Waals surface area contributed by atoms with Crippen LogP contribution in [0.3, 0.4) is 0 Å². The van der Waals surface area contributed by atoms with E-state index in [9.17, 15) is 43.2 Å². The fourth-order valence-corrected chi connectivity index (χ4v) is 10.8. The van der Waals surface area contributed by atoms with Crippen molar-refractivity contribution in [1.82, 2.24) is 0 Å². The first-order valence-electron chi connectivity index (χ1n) is 32.6. The molecule has 0 spiro atoms. The summed E-state index contributed by atoms with van der Waals surface area (Å²) in [5, 5.41) is 10.5. The molecule has 0 aromatic heterocycles. The van der Waals surface area contributed by atoms with Crippen molar-refractivity contribution >= 4 is 39.5 Å². The van der Waals surface area contributed by atoms with Crippen LogP contribution < -0.4 is 0 Å². The van der Waals surface area contributed by atoms with E-state index in [1.54, 1.807) is 0 Å². The number of ether oxygens (including phenoxy) is 4. The Morgan fingerprint density at radius 2 is 0.568 bits per heavy atom. The molecule has 0 aliphatic heterocycles. The van der Waals surface area contributed by atoms with Crippen LogP contribution in [0.25, 0.3) is 0 Å². The Bertz CT molecular complexity index is 1580. The summed E-state index contributed by atoms with van der Waals surface area (Å²) < 4.78 is 67.7. The molecule has 5 atom stereocenters. The summed E-state index contributed by atoms with van der Waals surface area (Å²) in [5.74, 6) is -1.39. The minimum Gasteiger partial charge on any atom is -0.462 e. The van der Waals surface area contributed by atoms with Crippen LogP contribution in [0.1, 0.15) is 311 Å². The highest BCUT2D eigenvalue weighted by atomic mass is 31.2. The van der Waals surface area contributed by atoms with E-state index < -0.39 is 97.5 Å². The summed E-state index contributed by atoms with van der Waals surface area (Å²) in [5.41, 5.74) is 0. The zero-order valence-corrected chi connectivity index (χ0v) is 53.7. The molecule has 0 heterocycles. The summed E-state index contributed by atoms with van der Waals surface area (Å²) in [4.78, 5) is 71.8. The molecule has 0 fully saturated rings. The molecule has 17 nitrogen and oxygen atoms in total. The minimum atomic E-state index is -4.94. The van der Waals surface area contributed by atoms with Crippen molar-refractivity contribution < 1.29 is 80.2 Å². The van der Waals surface area contributed by atoms with Gasteiger partial charge in [0.1, 0.15) is 19.3 Å². The van der Waals surface area contributed by atoms with Gasteiger partial charge in [-0.3, -0.25) is 37.3 Å². The summed E-state index contributed by atoms with van der Waals surface area (Å²) in [6, 6.07) is 0. The summed E-state index contributed by atoms with van der Waals surface area (Å²) >= 11 is 0. The van der Waals surface area contributed by atoms with Crippen molar-refractivity contribution in [2.45, 2.75) is 329 Å². The molecule has 0 bridgehead atoms. The number of hydrogen-bond acceptors (Lipinski definition) is 15. The molecule has 480 valence electrons. The Labute approximate surface area is 492 Å². The standard InChI is InChI=1S/C62H120O17P2/c1-6-9-12-15-17-19-20-21-22-23-24-29-33-38-43-48-62(67)79-58(52-73-60(65)46-41-36-32-28-26-25-27-30-35-39-44-55(4)5)54-77-81(70,71)75-50-56(63)49-74-80(68,69)76-53-57(51-72-59(64)45-40-34-14-11-8-3)78-61(66)47-42-37-31-18-16-13-10-7-2/h55-58,63H,6-54H2,1-5H3,(H,68,69)(H,70,71)/t56-,57+,58+/m0/s1. The summed E-state index contributed by atoms with van der Waals surface area (Å²) in [7, 11) is -9.87. The molecule has 0 saturated heterocycles. The van der Waals surface area contributed by atoms with Gasteiger partial charge in [-0.05, 0) is 31.6 Å². The number of carbonyl (C=O) groups excluding carboxylic acids is 4. The summed E-state index contributed by atoms with van der Waals surface area (Å²) in [6.45, 7) is 7.06. The van der Waals surface area contributed by atoms with Crippen LogP contribution in [0.5, 0.6) is 0 Å². The molecule has 0 rings (SSSR count). The molecule has 19 heteroatoms. The van der Waals surface area contributed by atoms with Gasteiger partial charge in [0.25, 0.3) is 0 Å². The lowest BCUT2D eigenvalue weighted by atomic mass is 10.0. The predicted molar refractivity (Wildman–Crippen MR) is 322 cm³/mol. The van der Waals surface area contributed by atoms with Crippen molar-refractivity contribution in [3.05, 3.63) is 0 Å². The lowest BCUT2D eigenvalue weighted by molar-refractivity contribution is -0.161. The van der Waals surface area contributed by atoms with Gasteiger partial charge in [-0.25, -0.2) is 9.13 Å². The first-order chi connectivity index (χ1) is 39.0. The van der Waals surface area contributed by atoms with Crippen LogP contribution in [0.4, 0.5) is 0 Å². The largest absolute Gasteiger partial charge is 0.472 e. The zero-order valence-electron chi connectivity index (χ0n) is 51.9. The van der Waals surface area contributed by atoms with E-state index in [0.717, 1.165) is 109 Å². The second-order valence-corrected chi connectivity index (χ2v) is 25.8. The highest BCUT2D eigenvalue weighted by Gasteiger charge is 2.30. The van der Waals surface area contributed by atoms with Gasteiger partial charge in [0.15, 0.2) is 12.2 Å². The Morgan fingerprint density at radius 1 is 0.333 bits per heavy atom. The van der Waals surface area contributed by atoms with Crippen molar-refractivity contribution in [2.24, 2.45) is 5.92 Å². The average molecular weight is 1200 g/mol. The average Bonchev–Trinajstić information content (AvgIpc) is 3.43. The second kappa shape index (κ2) is 55.9. The molecule has 0 aliphatic carbocycles. The highest BCUT2D eigenvalue weighted by Crippen LogP contribution is 2.45. The van der Waals surface area contributed by atoms with Crippen LogP contribution >= 0.6 is 15.6 Å². The lowest BCUT2D eigenvalue weighted by Gasteiger charge is -2.21. The van der Waals surface area contributed by atoms with E-state index in [1.807, 2.05) is 0 Å². The van der Waals surface area contributed by atoms with E-state index in [4.69, 9.17) is 37.0 Å². The fraction of sp³-hybridized carbons (Fsp3) is 0.935. The Hall–Kier alpha value is -1.94. The molecule has 3 N–H and O–H groups in total. The molecular weight excluding hydrogens is 1080 g/mol. The van der Waals surface area contributed by atoms with Gasteiger partial charge in [-0.1, -0.05) is 259 Å². The molecule has 81 heavy (non-hydrogen) atoms. The maximum Gasteiger partial charge on any atom is 0.472 e. The van der Waals surface area contributed by atoms with Gasteiger partial charge >= 0.3 is 39.5 Å². The van der Waals surface area contributed by atoms with Crippen LogP contribution in [0, 0.1) is 5.92 Å². The molecule has 0 aromatic carbocycles. The number of unbranched alkanes of at least 4 members (excludes halogenated alkanes) is 34. The van der Waals surface area contributed by atoms with Crippen LogP contribution in [-0.4, -0.2) is 96.7 Å². The van der Waals surface area contributed by atoms with E-state index in [2.05, 4.69) is 34.6 Å². The SMILES string of the molecule is CCCCCCCCCCCCCCCCCC(=O)O[C@H](COC(=O)CCCCCCCCCCCCC(C)C)COP(=O)(O)OC[C@@H](O)COP(=O)(O)OC[C@@H](COC(=O)CCCCCCC)OC(=O)CCCCCCCCCC. The van der Waals surface area contributed by atoms with E-state index >= 15 is 0 Å². The minimum absolute atomic E-state index is 0.104. The number of hydrogen-bond donors (Lipinski definition) is 3. The van der Waals surface area contributed by atoms with Crippen LogP contribution in [0.15, 0.2) is 0 Å². The molecule has 0 aromatic rings. The van der Waals surface area contributed by atoms with Crippen molar-refractivity contribution in [2.75, 3.05) is 39.6 Å². The monoisotopic (exact) mass is 1200 g/mol. The molecule has 0 aliphatic rings. The number of aliphatic hydroxyl groups is 1. The number of carbonyl (C=O) groups is 4. The second-order valence-electron chi connectivity index (χ2n) is 22.9. The third-order valence-corrected chi connectivity index (χ3v) is 16.2. The molecule has 2 unspecified atom stereocenters. The smallest absolute Gasteiger partial charge is 0.462 e. The normalized spacial score (nSPS) is 14.3. The molecule has 0 saturated carbocycles. The number of phosphoric ester groups is 2. The molecule has 0 amide bonds. The number of phosphoric acid groups is 2. The van der Waals surface area contributed by atoms with E-state index in [-0.39, 0.29) is 25.7 Å². The quantitative estimate of drug-likeness (QED) is 0.0222. The van der Waals surface area contributed by atoms with Crippen molar-refractivity contribution in [3.63, 3.8) is 0 Å². The molecule has 0 radical (unpaired) electrons. The van der Waals surface area contributed by atoms with Gasteiger partial charge in [0.05, 0.1) is 26.4 Å². The Balaban J connectivity index is 5.16.